The summed E-state index contributed by atoms with van der Waals surface area (Å²) in [4.78, 5) is 4.65. The Hall–Kier alpha value is -2.25. The van der Waals surface area contributed by atoms with Crippen molar-refractivity contribution in [2.24, 2.45) is 0 Å². The van der Waals surface area contributed by atoms with E-state index in [9.17, 15) is 8.42 Å². The number of nitrogens with zero attached hydrogens (tertiary/aromatic N) is 2. The summed E-state index contributed by atoms with van der Waals surface area (Å²) in [5, 5.41) is 4.06. The van der Waals surface area contributed by atoms with Crippen molar-refractivity contribution in [3.8, 4) is 0 Å². The molecular weight excluding hydrogens is 342 g/mol. The quantitative estimate of drug-likeness (QED) is 0.755. The fourth-order valence-electron chi connectivity index (χ4n) is 2.41. The molecule has 0 saturated carbocycles. The van der Waals surface area contributed by atoms with Gasteiger partial charge in [-0.15, -0.1) is 0 Å². The highest BCUT2D eigenvalue weighted by atomic mass is 32.2. The van der Waals surface area contributed by atoms with Crippen LogP contribution in [0.2, 0.25) is 0 Å². The van der Waals surface area contributed by atoms with Crippen LogP contribution in [0, 0.1) is 6.92 Å². The zero-order valence-corrected chi connectivity index (χ0v) is 14.9. The molecule has 5 nitrogen and oxygen atoms in total. The zero-order chi connectivity index (χ0) is 17.2. The Kier molecular flexibility index (Phi) is 4.64. The van der Waals surface area contributed by atoms with E-state index in [-0.39, 0.29) is 6.04 Å². The van der Waals surface area contributed by atoms with Gasteiger partial charge in [-0.2, -0.15) is 4.37 Å². The molecule has 3 aromatic rings. The molecule has 2 aromatic carbocycles. The van der Waals surface area contributed by atoms with Crippen molar-refractivity contribution >= 4 is 26.5 Å². The molecule has 3 rings (SSSR count). The first-order valence-electron chi connectivity index (χ1n) is 7.35. The van der Waals surface area contributed by atoms with Gasteiger partial charge >= 0.3 is 0 Å². The molecule has 124 valence electrons. The molecule has 1 unspecified atom stereocenters. The molecule has 0 fully saturated rings. The summed E-state index contributed by atoms with van der Waals surface area (Å²) < 4.78 is 27.9. The minimum absolute atomic E-state index is 0.208. The van der Waals surface area contributed by atoms with Gasteiger partial charge in [-0.25, -0.2) is 13.4 Å². The van der Waals surface area contributed by atoms with Crippen molar-refractivity contribution in [1.29, 1.82) is 0 Å². The molecule has 0 bridgehead atoms. The molecule has 1 N–H and O–H groups in total. The third-order valence-electron chi connectivity index (χ3n) is 3.55. The molecule has 1 atom stereocenters. The third-order valence-corrected chi connectivity index (χ3v) is 5.40. The largest absolute Gasteiger partial charge is 0.349 e. The highest BCUT2D eigenvalue weighted by Gasteiger charge is 2.18. The molecule has 1 aromatic heterocycles. The standard InChI is InChI=1S/C17H17N3O2S2/c1-12-18-17(23-20-12)19-16(13-7-4-3-5-8-13)14-9-6-10-15(11-14)24(2,21)22/h3-11,16H,1-2H3,(H,18,19,20). The van der Waals surface area contributed by atoms with Crippen LogP contribution in [-0.4, -0.2) is 24.0 Å². The van der Waals surface area contributed by atoms with E-state index in [1.807, 2.05) is 43.3 Å². The summed E-state index contributed by atoms with van der Waals surface area (Å²) in [6, 6.07) is 16.6. The molecule has 0 aliphatic rings. The van der Waals surface area contributed by atoms with Crippen molar-refractivity contribution in [2.45, 2.75) is 17.9 Å². The average Bonchev–Trinajstić information content (AvgIpc) is 2.98. The highest BCUT2D eigenvalue weighted by Crippen LogP contribution is 2.28. The molecule has 7 heteroatoms. The summed E-state index contributed by atoms with van der Waals surface area (Å²) in [5.41, 5.74) is 1.88. The average molecular weight is 359 g/mol. The summed E-state index contributed by atoms with van der Waals surface area (Å²) in [7, 11) is -3.26. The van der Waals surface area contributed by atoms with E-state index in [1.54, 1.807) is 18.2 Å². The number of sulfone groups is 1. The van der Waals surface area contributed by atoms with Crippen LogP contribution < -0.4 is 5.32 Å². The summed E-state index contributed by atoms with van der Waals surface area (Å²) in [5.74, 6) is 0.708. The van der Waals surface area contributed by atoms with Gasteiger partial charge in [0.15, 0.2) is 9.84 Å². The van der Waals surface area contributed by atoms with Crippen LogP contribution >= 0.6 is 11.5 Å². The van der Waals surface area contributed by atoms with E-state index in [4.69, 9.17) is 0 Å². The number of aromatic nitrogens is 2. The van der Waals surface area contributed by atoms with Crippen LogP contribution in [0.25, 0.3) is 0 Å². The predicted octanol–water partition coefficient (Wildman–Crippen LogP) is 3.45. The molecule has 1 heterocycles. The smallest absolute Gasteiger partial charge is 0.203 e. The lowest BCUT2D eigenvalue weighted by atomic mass is 9.99. The Balaban J connectivity index is 2.05. The maximum atomic E-state index is 11.9. The normalized spacial score (nSPS) is 12.8. The zero-order valence-electron chi connectivity index (χ0n) is 13.3. The second kappa shape index (κ2) is 6.70. The lowest BCUT2D eigenvalue weighted by Crippen LogP contribution is -2.13. The lowest BCUT2D eigenvalue weighted by Gasteiger charge is -2.19. The monoisotopic (exact) mass is 359 g/mol. The summed E-state index contributed by atoms with van der Waals surface area (Å²) in [6.07, 6.45) is 1.21. The van der Waals surface area contributed by atoms with E-state index in [0.29, 0.717) is 15.9 Å². The maximum Gasteiger partial charge on any atom is 0.203 e. The Labute approximate surface area is 145 Å². The van der Waals surface area contributed by atoms with Gasteiger partial charge in [0.25, 0.3) is 0 Å². The van der Waals surface area contributed by atoms with E-state index in [2.05, 4.69) is 14.7 Å². The highest BCUT2D eigenvalue weighted by molar-refractivity contribution is 7.90. The van der Waals surface area contributed by atoms with Crippen LogP contribution in [-0.2, 0) is 9.84 Å². The number of hydrogen-bond donors (Lipinski definition) is 1. The predicted molar refractivity (Wildman–Crippen MR) is 96.1 cm³/mol. The third kappa shape index (κ3) is 3.80. The maximum absolute atomic E-state index is 11.9. The van der Waals surface area contributed by atoms with Crippen LogP contribution in [0.1, 0.15) is 23.0 Å². The Morgan fingerprint density at radius 2 is 1.75 bits per heavy atom. The first-order valence-corrected chi connectivity index (χ1v) is 10.0. The first kappa shape index (κ1) is 16.6. The molecule has 0 spiro atoms. The summed E-state index contributed by atoms with van der Waals surface area (Å²) >= 11 is 1.29. The van der Waals surface area contributed by atoms with E-state index < -0.39 is 9.84 Å². The van der Waals surface area contributed by atoms with Gasteiger partial charge in [-0.3, -0.25) is 0 Å². The molecule has 0 saturated heterocycles. The number of benzene rings is 2. The molecule has 24 heavy (non-hydrogen) atoms. The minimum Gasteiger partial charge on any atom is -0.349 e. The number of hydrogen-bond acceptors (Lipinski definition) is 6. The number of anilines is 1. The van der Waals surface area contributed by atoms with Crippen LogP contribution in [0.5, 0.6) is 0 Å². The Morgan fingerprint density at radius 3 is 2.38 bits per heavy atom. The van der Waals surface area contributed by atoms with Gasteiger partial charge in [0, 0.05) is 17.8 Å². The van der Waals surface area contributed by atoms with Crippen molar-refractivity contribution in [1.82, 2.24) is 9.36 Å². The van der Waals surface area contributed by atoms with E-state index >= 15 is 0 Å². The topological polar surface area (TPSA) is 72.0 Å². The number of rotatable bonds is 5. The van der Waals surface area contributed by atoms with Crippen molar-refractivity contribution in [2.75, 3.05) is 11.6 Å². The van der Waals surface area contributed by atoms with Gasteiger partial charge < -0.3 is 5.32 Å². The number of aryl methyl sites for hydroxylation is 1. The van der Waals surface area contributed by atoms with Gasteiger partial charge in [0.2, 0.25) is 5.13 Å². The van der Waals surface area contributed by atoms with Gasteiger partial charge in [0.1, 0.15) is 5.82 Å². The Bertz CT molecular complexity index is 937. The molecule has 0 aliphatic carbocycles. The van der Waals surface area contributed by atoms with Crippen molar-refractivity contribution in [3.63, 3.8) is 0 Å². The van der Waals surface area contributed by atoms with E-state index in [1.165, 1.54) is 17.8 Å². The second-order valence-corrected chi connectivity index (χ2v) is 8.25. The van der Waals surface area contributed by atoms with Gasteiger partial charge in [-0.1, -0.05) is 42.5 Å². The number of nitrogens with one attached hydrogen (secondary N) is 1. The minimum atomic E-state index is -3.26. The Morgan fingerprint density at radius 1 is 1.04 bits per heavy atom. The van der Waals surface area contributed by atoms with Gasteiger partial charge in [0.05, 0.1) is 10.9 Å². The molecule has 0 radical (unpaired) electrons. The van der Waals surface area contributed by atoms with Gasteiger partial charge in [-0.05, 0) is 30.2 Å². The van der Waals surface area contributed by atoms with Crippen LogP contribution in [0.3, 0.4) is 0 Å². The first-order chi connectivity index (χ1) is 11.4. The fourth-order valence-corrected chi connectivity index (χ4v) is 3.69. The molecule has 0 amide bonds. The van der Waals surface area contributed by atoms with Crippen molar-refractivity contribution < 1.29 is 8.42 Å². The van der Waals surface area contributed by atoms with Crippen molar-refractivity contribution in [3.05, 3.63) is 71.5 Å². The van der Waals surface area contributed by atoms with Crippen LogP contribution in [0.15, 0.2) is 59.5 Å². The fraction of sp³-hybridized carbons (Fsp3) is 0.176. The van der Waals surface area contributed by atoms with Crippen LogP contribution in [0.4, 0.5) is 5.13 Å². The summed E-state index contributed by atoms with van der Waals surface area (Å²) in [6.45, 7) is 1.84. The lowest BCUT2D eigenvalue weighted by molar-refractivity contribution is 0.601. The molecule has 0 aliphatic heterocycles. The molecular formula is C17H17N3O2S2. The van der Waals surface area contributed by atoms with E-state index in [0.717, 1.165) is 11.1 Å². The SMILES string of the molecule is Cc1nsc(NC(c2ccccc2)c2cccc(S(C)(=O)=O)c2)n1. The second-order valence-electron chi connectivity index (χ2n) is 5.48.